The van der Waals surface area contributed by atoms with Crippen LogP contribution in [0.25, 0.3) is 0 Å². The van der Waals surface area contributed by atoms with E-state index in [1.807, 2.05) is 25.2 Å². The summed E-state index contributed by atoms with van der Waals surface area (Å²) in [6.07, 6.45) is 0.698. The third-order valence-corrected chi connectivity index (χ3v) is 4.03. The van der Waals surface area contributed by atoms with Crippen molar-refractivity contribution in [3.05, 3.63) is 67.9 Å². The van der Waals surface area contributed by atoms with Gasteiger partial charge < -0.3 is 5.32 Å². The minimum Gasteiger partial charge on any atom is -0.313 e. The molecule has 5 heteroatoms. The molecule has 0 aliphatic carbocycles. The Morgan fingerprint density at radius 1 is 1.20 bits per heavy atom. The number of nitrogens with one attached hydrogen (secondary N) is 1. The zero-order valence-corrected chi connectivity index (χ0v) is 13.9. The highest BCUT2D eigenvalue weighted by molar-refractivity contribution is 9.10. The van der Waals surface area contributed by atoms with Gasteiger partial charge in [0, 0.05) is 15.5 Å². The van der Waals surface area contributed by atoms with Crippen molar-refractivity contribution in [2.75, 3.05) is 7.05 Å². The molecule has 0 fully saturated rings. The largest absolute Gasteiger partial charge is 0.313 e. The van der Waals surface area contributed by atoms with Gasteiger partial charge in [0.05, 0.1) is 5.02 Å². The average molecular weight is 377 g/mol. The third kappa shape index (κ3) is 3.95. The number of halogens is 4. The van der Waals surface area contributed by atoms with Crippen molar-refractivity contribution in [3.8, 4) is 0 Å². The molecular weight excluding hydrogens is 364 g/mol. The molecule has 20 heavy (non-hydrogen) atoms. The van der Waals surface area contributed by atoms with Crippen molar-refractivity contribution in [1.82, 2.24) is 5.32 Å². The molecule has 0 aliphatic rings. The van der Waals surface area contributed by atoms with E-state index in [9.17, 15) is 4.39 Å². The van der Waals surface area contributed by atoms with Crippen molar-refractivity contribution >= 4 is 39.1 Å². The Morgan fingerprint density at radius 3 is 2.55 bits per heavy atom. The summed E-state index contributed by atoms with van der Waals surface area (Å²) in [7, 11) is 1.88. The summed E-state index contributed by atoms with van der Waals surface area (Å²) >= 11 is 15.3. The smallest absolute Gasteiger partial charge is 0.141 e. The second-order valence-electron chi connectivity index (χ2n) is 4.50. The Kier molecular flexibility index (Phi) is 5.44. The van der Waals surface area contributed by atoms with Crippen molar-refractivity contribution < 1.29 is 4.39 Å². The summed E-state index contributed by atoms with van der Waals surface area (Å²) in [5.74, 6) is -0.401. The number of rotatable bonds is 4. The maximum Gasteiger partial charge on any atom is 0.141 e. The monoisotopic (exact) mass is 375 g/mol. The fourth-order valence-corrected chi connectivity index (χ4v) is 3.15. The van der Waals surface area contributed by atoms with E-state index in [1.54, 1.807) is 12.1 Å². The van der Waals surface area contributed by atoms with Crippen LogP contribution in [0.15, 0.2) is 40.9 Å². The zero-order valence-electron chi connectivity index (χ0n) is 10.8. The van der Waals surface area contributed by atoms with Gasteiger partial charge >= 0.3 is 0 Å². The van der Waals surface area contributed by atoms with Crippen LogP contribution in [-0.2, 0) is 6.42 Å². The van der Waals surface area contributed by atoms with Crippen LogP contribution >= 0.6 is 39.1 Å². The van der Waals surface area contributed by atoms with Gasteiger partial charge in [0.2, 0.25) is 0 Å². The summed E-state index contributed by atoms with van der Waals surface area (Å²) < 4.78 is 14.1. The van der Waals surface area contributed by atoms with Crippen molar-refractivity contribution in [2.24, 2.45) is 0 Å². The standard InChI is InChI=1S/C15H13BrCl2FN/c1-20-15(10-6-11(16)8-12(17)7-10)5-9-2-3-14(19)13(18)4-9/h2-4,6-8,15,20H,5H2,1H3. The minimum absolute atomic E-state index is 0.0755. The lowest BCUT2D eigenvalue weighted by Gasteiger charge is -2.18. The van der Waals surface area contributed by atoms with E-state index in [2.05, 4.69) is 21.2 Å². The molecule has 0 radical (unpaired) electrons. The number of hydrogen-bond acceptors (Lipinski definition) is 1. The SMILES string of the molecule is CNC(Cc1ccc(F)c(Cl)c1)c1cc(Cl)cc(Br)c1. The maximum absolute atomic E-state index is 13.2. The number of benzene rings is 2. The highest BCUT2D eigenvalue weighted by Gasteiger charge is 2.12. The average Bonchev–Trinajstić information content (AvgIpc) is 2.38. The molecule has 106 valence electrons. The molecule has 2 aromatic rings. The molecule has 1 unspecified atom stereocenters. The van der Waals surface area contributed by atoms with Gasteiger partial charge in [-0.25, -0.2) is 4.39 Å². The molecule has 0 heterocycles. The van der Waals surface area contributed by atoms with Gasteiger partial charge in [-0.2, -0.15) is 0 Å². The van der Waals surface area contributed by atoms with E-state index in [-0.39, 0.29) is 11.1 Å². The summed E-state index contributed by atoms with van der Waals surface area (Å²) in [5, 5.41) is 4.06. The van der Waals surface area contributed by atoms with Crippen LogP contribution in [0.2, 0.25) is 10.0 Å². The Hall–Kier alpha value is -0.610. The Labute approximate surface area is 136 Å². The lowest BCUT2D eigenvalue weighted by Crippen LogP contribution is -2.19. The van der Waals surface area contributed by atoms with Crippen LogP contribution in [0, 0.1) is 5.82 Å². The lowest BCUT2D eigenvalue weighted by atomic mass is 9.99. The molecular formula is C15H13BrCl2FN. The molecule has 0 spiro atoms. The van der Waals surface area contributed by atoms with Gasteiger partial charge in [0.1, 0.15) is 5.82 Å². The third-order valence-electron chi connectivity index (χ3n) is 3.06. The number of likely N-dealkylation sites (N-methyl/N-ethyl adjacent to an activating group) is 1. The fraction of sp³-hybridized carbons (Fsp3) is 0.200. The van der Waals surface area contributed by atoms with Gasteiger partial charge in [-0.1, -0.05) is 45.2 Å². The van der Waals surface area contributed by atoms with Crippen LogP contribution in [0.4, 0.5) is 4.39 Å². The number of hydrogen-bond donors (Lipinski definition) is 1. The van der Waals surface area contributed by atoms with Gasteiger partial charge in [-0.15, -0.1) is 0 Å². The summed E-state index contributed by atoms with van der Waals surface area (Å²) in [6.45, 7) is 0. The van der Waals surface area contributed by atoms with Gasteiger partial charge in [0.25, 0.3) is 0 Å². The van der Waals surface area contributed by atoms with Crippen LogP contribution in [0.5, 0.6) is 0 Å². The first-order valence-electron chi connectivity index (χ1n) is 6.07. The molecule has 0 aliphatic heterocycles. The topological polar surface area (TPSA) is 12.0 Å². The van der Waals surface area contributed by atoms with E-state index in [1.165, 1.54) is 6.07 Å². The zero-order chi connectivity index (χ0) is 14.7. The molecule has 0 amide bonds. The predicted octanol–water partition coefficient (Wildman–Crippen LogP) is 5.40. The van der Waals surface area contributed by atoms with Gasteiger partial charge in [-0.3, -0.25) is 0 Å². The van der Waals surface area contributed by atoms with Crippen molar-refractivity contribution in [2.45, 2.75) is 12.5 Å². The van der Waals surface area contributed by atoms with E-state index in [0.29, 0.717) is 11.4 Å². The second kappa shape index (κ2) is 6.90. The normalized spacial score (nSPS) is 12.4. The van der Waals surface area contributed by atoms with Crippen molar-refractivity contribution in [1.29, 1.82) is 0 Å². The highest BCUT2D eigenvalue weighted by atomic mass is 79.9. The molecule has 2 aromatic carbocycles. The van der Waals surface area contributed by atoms with E-state index >= 15 is 0 Å². The summed E-state index contributed by atoms with van der Waals surface area (Å²) in [4.78, 5) is 0. The second-order valence-corrected chi connectivity index (χ2v) is 6.26. The Bertz CT molecular complexity index is 599. The predicted molar refractivity (Wildman–Crippen MR) is 86.1 cm³/mol. The van der Waals surface area contributed by atoms with Crippen LogP contribution < -0.4 is 5.32 Å². The molecule has 0 bridgehead atoms. The highest BCUT2D eigenvalue weighted by Crippen LogP contribution is 2.27. The first-order valence-corrected chi connectivity index (χ1v) is 7.61. The summed E-state index contributed by atoms with van der Waals surface area (Å²) in [5.41, 5.74) is 2.03. The maximum atomic E-state index is 13.2. The van der Waals surface area contributed by atoms with E-state index in [4.69, 9.17) is 23.2 Å². The van der Waals surface area contributed by atoms with E-state index < -0.39 is 5.82 Å². The molecule has 2 rings (SSSR count). The van der Waals surface area contributed by atoms with Crippen LogP contribution in [0.1, 0.15) is 17.2 Å². The van der Waals surface area contributed by atoms with Crippen LogP contribution in [-0.4, -0.2) is 7.05 Å². The molecule has 1 N–H and O–H groups in total. The molecule has 0 saturated heterocycles. The van der Waals surface area contributed by atoms with E-state index in [0.717, 1.165) is 15.6 Å². The summed E-state index contributed by atoms with van der Waals surface area (Å²) in [6, 6.07) is 10.6. The first kappa shape index (κ1) is 15.8. The Morgan fingerprint density at radius 2 is 1.95 bits per heavy atom. The fourth-order valence-electron chi connectivity index (χ4n) is 2.07. The minimum atomic E-state index is -0.401. The quantitative estimate of drug-likeness (QED) is 0.753. The Balaban J connectivity index is 2.26. The molecule has 0 aromatic heterocycles. The van der Waals surface area contributed by atoms with Crippen LogP contribution in [0.3, 0.4) is 0 Å². The molecule has 0 saturated carbocycles. The van der Waals surface area contributed by atoms with Gasteiger partial charge in [-0.05, 0) is 54.9 Å². The van der Waals surface area contributed by atoms with Crippen molar-refractivity contribution in [3.63, 3.8) is 0 Å². The molecule has 1 atom stereocenters. The van der Waals surface area contributed by atoms with Gasteiger partial charge in [0.15, 0.2) is 0 Å². The first-order chi connectivity index (χ1) is 9.49. The lowest BCUT2D eigenvalue weighted by molar-refractivity contribution is 0.589. The molecule has 1 nitrogen and oxygen atoms in total.